The van der Waals surface area contributed by atoms with E-state index in [-0.39, 0.29) is 11.8 Å². The molecule has 1 fully saturated rings. The summed E-state index contributed by atoms with van der Waals surface area (Å²) in [5.74, 6) is 1.03. The summed E-state index contributed by atoms with van der Waals surface area (Å²) in [5.41, 5.74) is 4.54. The number of hydrogen-bond acceptors (Lipinski definition) is 4. The fourth-order valence-corrected chi connectivity index (χ4v) is 3.39. The largest absolute Gasteiger partial charge is 0.494 e. The van der Waals surface area contributed by atoms with Gasteiger partial charge in [-0.25, -0.2) is 5.43 Å². The Kier molecular flexibility index (Phi) is 5.86. The van der Waals surface area contributed by atoms with Crippen molar-refractivity contribution in [1.82, 2.24) is 10.3 Å². The Morgan fingerprint density at radius 3 is 2.67 bits per heavy atom. The highest BCUT2D eigenvalue weighted by molar-refractivity contribution is 6.05. The molecular formula is C19H27N3O2. The van der Waals surface area contributed by atoms with Gasteiger partial charge in [0.2, 0.25) is 5.91 Å². The number of benzene rings is 1. The van der Waals surface area contributed by atoms with Gasteiger partial charge in [0.05, 0.1) is 12.3 Å². The summed E-state index contributed by atoms with van der Waals surface area (Å²) >= 11 is 0. The monoisotopic (exact) mass is 329 g/mol. The molecule has 2 aliphatic rings. The molecular weight excluding hydrogens is 302 g/mol. The van der Waals surface area contributed by atoms with Crippen molar-refractivity contribution >= 4 is 11.6 Å². The molecule has 130 valence electrons. The normalized spacial score (nSPS) is 22.0. The zero-order valence-electron chi connectivity index (χ0n) is 14.5. The average molecular weight is 329 g/mol. The van der Waals surface area contributed by atoms with Crippen LogP contribution in [0.3, 0.4) is 0 Å². The van der Waals surface area contributed by atoms with Crippen LogP contribution in [0, 0.1) is 5.92 Å². The van der Waals surface area contributed by atoms with Gasteiger partial charge in [0, 0.05) is 18.9 Å². The van der Waals surface area contributed by atoms with Gasteiger partial charge in [-0.3, -0.25) is 4.79 Å². The Morgan fingerprint density at radius 1 is 1.21 bits per heavy atom. The number of ether oxygens (including phenoxy) is 1. The molecule has 24 heavy (non-hydrogen) atoms. The van der Waals surface area contributed by atoms with Gasteiger partial charge in [0.25, 0.3) is 0 Å². The zero-order chi connectivity index (χ0) is 16.8. The van der Waals surface area contributed by atoms with E-state index in [0.29, 0.717) is 6.42 Å². The Hall–Kier alpha value is -1.88. The molecule has 1 aromatic rings. The maximum Gasteiger partial charge on any atom is 0.240 e. The summed E-state index contributed by atoms with van der Waals surface area (Å²) in [4.78, 5) is 13.9. The van der Waals surface area contributed by atoms with E-state index < -0.39 is 0 Å². The standard InChI is InChI=1S/C19H27N3O2/c1-15-14-18(23)20-21-19(15)16-6-8-17(9-7-16)24-13-5-12-22-10-3-2-4-11-22/h6-9,15H,2-5,10-14H2,1H3,(H,20,23). The van der Waals surface area contributed by atoms with E-state index in [2.05, 4.69) is 15.4 Å². The number of rotatable bonds is 6. The Morgan fingerprint density at radius 2 is 1.96 bits per heavy atom. The molecule has 0 spiro atoms. The lowest BCUT2D eigenvalue weighted by Gasteiger charge is -2.26. The van der Waals surface area contributed by atoms with Gasteiger partial charge in [-0.05, 0) is 62.2 Å². The van der Waals surface area contributed by atoms with Gasteiger partial charge in [-0.15, -0.1) is 0 Å². The lowest BCUT2D eigenvalue weighted by Crippen LogP contribution is -2.31. The molecule has 1 amide bonds. The van der Waals surface area contributed by atoms with E-state index in [1.54, 1.807) is 0 Å². The molecule has 2 aliphatic heterocycles. The zero-order valence-corrected chi connectivity index (χ0v) is 14.5. The molecule has 5 heteroatoms. The van der Waals surface area contributed by atoms with Crippen molar-refractivity contribution in [1.29, 1.82) is 0 Å². The van der Waals surface area contributed by atoms with Gasteiger partial charge < -0.3 is 9.64 Å². The van der Waals surface area contributed by atoms with Crippen molar-refractivity contribution in [3.63, 3.8) is 0 Å². The van der Waals surface area contributed by atoms with Crippen LogP contribution in [0.15, 0.2) is 29.4 Å². The summed E-state index contributed by atoms with van der Waals surface area (Å²) in [6, 6.07) is 8.02. The first kappa shape index (κ1) is 17.0. The fraction of sp³-hybridized carbons (Fsp3) is 0.579. The van der Waals surface area contributed by atoms with Crippen molar-refractivity contribution in [3.8, 4) is 5.75 Å². The highest BCUT2D eigenvalue weighted by atomic mass is 16.5. The van der Waals surface area contributed by atoms with Gasteiger partial charge in [-0.2, -0.15) is 5.10 Å². The van der Waals surface area contributed by atoms with Crippen LogP contribution >= 0.6 is 0 Å². The van der Waals surface area contributed by atoms with Crippen molar-refractivity contribution in [2.24, 2.45) is 11.0 Å². The van der Waals surface area contributed by atoms with Crippen LogP contribution in [-0.2, 0) is 4.79 Å². The first-order valence-corrected chi connectivity index (χ1v) is 9.04. The summed E-state index contributed by atoms with van der Waals surface area (Å²) < 4.78 is 5.85. The first-order chi connectivity index (χ1) is 11.7. The van der Waals surface area contributed by atoms with Gasteiger partial charge in [0.15, 0.2) is 0 Å². The fourth-order valence-electron chi connectivity index (χ4n) is 3.39. The average Bonchev–Trinajstić information content (AvgIpc) is 2.60. The lowest BCUT2D eigenvalue weighted by atomic mass is 9.94. The van der Waals surface area contributed by atoms with Crippen LogP contribution < -0.4 is 10.2 Å². The molecule has 1 atom stereocenters. The van der Waals surface area contributed by atoms with E-state index in [0.717, 1.165) is 36.6 Å². The number of hydrogen-bond donors (Lipinski definition) is 1. The molecule has 0 saturated carbocycles. The number of carbonyl (C=O) groups excluding carboxylic acids is 1. The predicted molar refractivity (Wildman–Crippen MR) is 95.3 cm³/mol. The third-order valence-corrected chi connectivity index (χ3v) is 4.75. The third kappa shape index (κ3) is 4.57. The molecule has 1 saturated heterocycles. The molecule has 1 unspecified atom stereocenters. The van der Waals surface area contributed by atoms with Crippen molar-refractivity contribution in [2.45, 2.75) is 39.0 Å². The van der Waals surface area contributed by atoms with Crippen LogP contribution in [0.4, 0.5) is 0 Å². The SMILES string of the molecule is CC1CC(=O)NN=C1c1ccc(OCCCN2CCCCC2)cc1. The molecule has 5 nitrogen and oxygen atoms in total. The number of hydrazone groups is 1. The molecule has 1 aromatic carbocycles. The molecule has 0 bridgehead atoms. The number of carbonyl (C=O) groups is 1. The van der Waals surface area contributed by atoms with E-state index in [1.165, 1.54) is 32.4 Å². The Labute approximate surface area is 144 Å². The van der Waals surface area contributed by atoms with E-state index >= 15 is 0 Å². The Balaban J connectivity index is 1.45. The van der Waals surface area contributed by atoms with E-state index in [4.69, 9.17) is 4.74 Å². The van der Waals surface area contributed by atoms with Crippen molar-refractivity contribution in [2.75, 3.05) is 26.2 Å². The minimum absolute atomic E-state index is 0.0140. The molecule has 0 aromatic heterocycles. The number of nitrogens with one attached hydrogen (secondary N) is 1. The summed E-state index contributed by atoms with van der Waals surface area (Å²) in [5, 5.41) is 4.19. The topological polar surface area (TPSA) is 53.9 Å². The Bertz CT molecular complexity index is 577. The second kappa shape index (κ2) is 8.29. The number of likely N-dealkylation sites (tertiary alicyclic amines) is 1. The second-order valence-corrected chi connectivity index (χ2v) is 6.77. The van der Waals surface area contributed by atoms with Crippen LogP contribution in [0.2, 0.25) is 0 Å². The van der Waals surface area contributed by atoms with Crippen molar-refractivity contribution < 1.29 is 9.53 Å². The highest BCUT2D eigenvalue weighted by Gasteiger charge is 2.21. The van der Waals surface area contributed by atoms with Crippen LogP contribution in [-0.4, -0.2) is 42.8 Å². The van der Waals surface area contributed by atoms with Gasteiger partial charge in [0.1, 0.15) is 5.75 Å². The lowest BCUT2D eigenvalue weighted by molar-refractivity contribution is -0.121. The number of amides is 1. The molecule has 1 N–H and O–H groups in total. The quantitative estimate of drug-likeness (QED) is 0.817. The highest BCUT2D eigenvalue weighted by Crippen LogP contribution is 2.19. The summed E-state index contributed by atoms with van der Waals surface area (Å²) in [7, 11) is 0. The van der Waals surface area contributed by atoms with Gasteiger partial charge >= 0.3 is 0 Å². The van der Waals surface area contributed by atoms with Crippen LogP contribution in [0.1, 0.15) is 44.6 Å². The maximum absolute atomic E-state index is 11.3. The van der Waals surface area contributed by atoms with Crippen LogP contribution in [0.5, 0.6) is 5.75 Å². The molecule has 0 radical (unpaired) electrons. The van der Waals surface area contributed by atoms with E-state index in [9.17, 15) is 4.79 Å². The van der Waals surface area contributed by atoms with Crippen molar-refractivity contribution in [3.05, 3.63) is 29.8 Å². The predicted octanol–water partition coefficient (Wildman–Crippen LogP) is 2.80. The van der Waals surface area contributed by atoms with Crippen LogP contribution in [0.25, 0.3) is 0 Å². The minimum Gasteiger partial charge on any atom is -0.494 e. The third-order valence-electron chi connectivity index (χ3n) is 4.75. The summed E-state index contributed by atoms with van der Waals surface area (Å²) in [6.07, 6.45) is 5.62. The van der Waals surface area contributed by atoms with Gasteiger partial charge in [-0.1, -0.05) is 13.3 Å². The molecule has 0 aliphatic carbocycles. The van der Waals surface area contributed by atoms with E-state index in [1.807, 2.05) is 31.2 Å². The minimum atomic E-state index is -0.0140. The molecule has 2 heterocycles. The summed E-state index contributed by atoms with van der Waals surface area (Å²) in [6.45, 7) is 6.40. The molecule has 3 rings (SSSR count). The maximum atomic E-state index is 11.3. The first-order valence-electron chi connectivity index (χ1n) is 9.04. The number of nitrogens with zero attached hydrogens (tertiary/aromatic N) is 2. The smallest absolute Gasteiger partial charge is 0.240 e. The second-order valence-electron chi connectivity index (χ2n) is 6.77. The number of piperidine rings is 1.